The van der Waals surface area contributed by atoms with Crippen LogP contribution in [0.5, 0.6) is 0 Å². The van der Waals surface area contributed by atoms with Gasteiger partial charge in [0.25, 0.3) is 0 Å². The number of carboxylic acid groups (broad SMARTS) is 1. The molecule has 0 aromatic carbocycles. The van der Waals surface area contributed by atoms with E-state index in [0.29, 0.717) is 5.56 Å². The van der Waals surface area contributed by atoms with Crippen LogP contribution >= 0.6 is 11.6 Å². The molecule has 0 aliphatic heterocycles. The van der Waals surface area contributed by atoms with E-state index >= 15 is 0 Å². The molecule has 0 spiro atoms. The van der Waals surface area contributed by atoms with E-state index in [1.807, 2.05) is 13.8 Å². The van der Waals surface area contributed by atoms with Crippen molar-refractivity contribution in [2.24, 2.45) is 0 Å². The topological polar surface area (TPSA) is 55.1 Å². The van der Waals surface area contributed by atoms with Crippen LogP contribution in [0.15, 0.2) is 6.20 Å². The van der Waals surface area contributed by atoms with Gasteiger partial charge in [-0.15, -0.1) is 11.6 Å². The maximum atomic E-state index is 10.8. The summed E-state index contributed by atoms with van der Waals surface area (Å²) in [6, 6.07) is 0.199. The summed E-state index contributed by atoms with van der Waals surface area (Å²) in [5, 5.41) is 12.8. The molecule has 1 unspecified atom stereocenters. The highest BCUT2D eigenvalue weighted by atomic mass is 35.5. The first-order chi connectivity index (χ1) is 6.60. The van der Waals surface area contributed by atoms with Gasteiger partial charge in [0.05, 0.1) is 5.88 Å². The van der Waals surface area contributed by atoms with E-state index in [4.69, 9.17) is 16.7 Å². The van der Waals surface area contributed by atoms with Gasteiger partial charge in [0.15, 0.2) is 5.69 Å². The van der Waals surface area contributed by atoms with E-state index in [9.17, 15) is 4.79 Å². The van der Waals surface area contributed by atoms with Crippen LogP contribution in [0.2, 0.25) is 0 Å². The van der Waals surface area contributed by atoms with Gasteiger partial charge in [0, 0.05) is 17.8 Å². The molecule has 1 aromatic rings. The number of aromatic nitrogens is 2. The minimum Gasteiger partial charge on any atom is -0.476 e. The van der Waals surface area contributed by atoms with Crippen molar-refractivity contribution >= 4 is 17.6 Å². The molecule has 78 valence electrons. The predicted molar refractivity (Wildman–Crippen MR) is 53.7 cm³/mol. The Morgan fingerprint density at radius 2 is 2.43 bits per heavy atom. The standard InChI is InChI=1S/C9H13ClN2O2/c1-3-6(2)12-5-7(4-10)8(11-12)9(13)14/h5-6H,3-4H2,1-2H3,(H,13,14). The molecule has 1 aromatic heterocycles. The van der Waals surface area contributed by atoms with Crippen LogP contribution in [0, 0.1) is 0 Å². The average molecular weight is 217 g/mol. The van der Waals surface area contributed by atoms with Crippen LogP contribution in [0.4, 0.5) is 0 Å². The van der Waals surface area contributed by atoms with Crippen molar-refractivity contribution in [3.05, 3.63) is 17.5 Å². The largest absolute Gasteiger partial charge is 0.476 e. The van der Waals surface area contributed by atoms with Gasteiger partial charge in [-0.2, -0.15) is 5.10 Å². The van der Waals surface area contributed by atoms with Crippen molar-refractivity contribution in [1.29, 1.82) is 0 Å². The van der Waals surface area contributed by atoms with Gasteiger partial charge in [-0.1, -0.05) is 6.92 Å². The number of carbonyl (C=O) groups is 1. The molecule has 4 nitrogen and oxygen atoms in total. The van der Waals surface area contributed by atoms with Crippen LogP contribution in [0.3, 0.4) is 0 Å². The highest BCUT2D eigenvalue weighted by Gasteiger charge is 2.16. The third-order valence-electron chi connectivity index (χ3n) is 2.20. The Morgan fingerprint density at radius 1 is 1.79 bits per heavy atom. The molecule has 0 radical (unpaired) electrons. The maximum absolute atomic E-state index is 10.8. The number of halogens is 1. The minimum atomic E-state index is -1.03. The van der Waals surface area contributed by atoms with Crippen LogP contribution in [-0.4, -0.2) is 20.9 Å². The number of alkyl halides is 1. The molecule has 0 aliphatic rings. The van der Waals surface area contributed by atoms with Crippen molar-refractivity contribution in [3.8, 4) is 0 Å². The summed E-state index contributed by atoms with van der Waals surface area (Å²) in [5.41, 5.74) is 0.625. The first kappa shape index (κ1) is 11.0. The monoisotopic (exact) mass is 216 g/mol. The summed E-state index contributed by atoms with van der Waals surface area (Å²) >= 11 is 5.62. The van der Waals surface area contributed by atoms with Gasteiger partial charge in [-0.25, -0.2) is 4.79 Å². The SMILES string of the molecule is CCC(C)n1cc(CCl)c(C(=O)O)n1. The number of aromatic carboxylic acids is 1. The van der Waals surface area contributed by atoms with E-state index < -0.39 is 5.97 Å². The number of carboxylic acids is 1. The Balaban J connectivity index is 3.06. The van der Waals surface area contributed by atoms with Crippen molar-refractivity contribution in [2.75, 3.05) is 0 Å². The van der Waals surface area contributed by atoms with Crippen LogP contribution in [-0.2, 0) is 5.88 Å². The molecule has 1 heterocycles. The lowest BCUT2D eigenvalue weighted by atomic mass is 10.2. The number of nitrogens with zero attached hydrogens (tertiary/aromatic N) is 2. The summed E-state index contributed by atoms with van der Waals surface area (Å²) in [5.74, 6) is -0.847. The number of hydrogen-bond acceptors (Lipinski definition) is 2. The fourth-order valence-corrected chi connectivity index (χ4v) is 1.32. The molecule has 0 saturated heterocycles. The first-order valence-electron chi connectivity index (χ1n) is 4.47. The molecule has 5 heteroatoms. The van der Waals surface area contributed by atoms with Crippen molar-refractivity contribution < 1.29 is 9.90 Å². The lowest BCUT2D eigenvalue weighted by Gasteiger charge is -2.07. The minimum absolute atomic E-state index is 0.0558. The van der Waals surface area contributed by atoms with Gasteiger partial charge < -0.3 is 5.11 Å². The zero-order valence-electron chi connectivity index (χ0n) is 8.20. The molecule has 0 fully saturated rings. The fourth-order valence-electron chi connectivity index (χ4n) is 1.12. The summed E-state index contributed by atoms with van der Waals surface area (Å²) in [4.78, 5) is 10.8. The van der Waals surface area contributed by atoms with Crippen molar-refractivity contribution in [1.82, 2.24) is 9.78 Å². The summed E-state index contributed by atoms with van der Waals surface area (Å²) < 4.78 is 1.65. The van der Waals surface area contributed by atoms with Gasteiger partial charge in [-0.3, -0.25) is 4.68 Å². The third kappa shape index (κ3) is 2.07. The van der Waals surface area contributed by atoms with E-state index in [2.05, 4.69) is 5.10 Å². The summed E-state index contributed by atoms with van der Waals surface area (Å²) in [6.45, 7) is 4.00. The van der Waals surface area contributed by atoms with Crippen molar-refractivity contribution in [3.63, 3.8) is 0 Å². The molecule has 0 saturated carbocycles. The van der Waals surface area contributed by atoms with Gasteiger partial charge in [0.1, 0.15) is 0 Å². The van der Waals surface area contributed by atoms with Crippen LogP contribution in [0.1, 0.15) is 42.4 Å². The van der Waals surface area contributed by atoms with Gasteiger partial charge >= 0.3 is 5.97 Å². The molecule has 0 amide bonds. The normalized spacial score (nSPS) is 12.8. The van der Waals surface area contributed by atoms with Gasteiger partial charge in [-0.05, 0) is 13.3 Å². The molecular weight excluding hydrogens is 204 g/mol. The zero-order chi connectivity index (χ0) is 10.7. The second-order valence-corrected chi connectivity index (χ2v) is 3.45. The second-order valence-electron chi connectivity index (χ2n) is 3.18. The molecule has 1 rings (SSSR count). The average Bonchev–Trinajstić information content (AvgIpc) is 2.60. The molecular formula is C9H13ClN2O2. The third-order valence-corrected chi connectivity index (χ3v) is 2.48. The van der Waals surface area contributed by atoms with Crippen LogP contribution < -0.4 is 0 Å². The Kier molecular flexibility index (Phi) is 3.52. The highest BCUT2D eigenvalue weighted by molar-refractivity contribution is 6.17. The second kappa shape index (κ2) is 4.46. The number of rotatable bonds is 4. The Morgan fingerprint density at radius 3 is 2.79 bits per heavy atom. The smallest absolute Gasteiger partial charge is 0.356 e. The molecule has 14 heavy (non-hydrogen) atoms. The molecule has 0 bridgehead atoms. The lowest BCUT2D eigenvalue weighted by molar-refractivity contribution is 0.0688. The van der Waals surface area contributed by atoms with E-state index in [1.165, 1.54) is 0 Å². The van der Waals surface area contributed by atoms with E-state index in [1.54, 1.807) is 10.9 Å². The van der Waals surface area contributed by atoms with Crippen molar-refractivity contribution in [2.45, 2.75) is 32.2 Å². The first-order valence-corrected chi connectivity index (χ1v) is 5.00. The molecule has 1 N–H and O–H groups in total. The van der Waals surface area contributed by atoms with E-state index in [-0.39, 0.29) is 17.6 Å². The molecule has 1 atom stereocenters. The maximum Gasteiger partial charge on any atom is 0.356 e. The Hall–Kier alpha value is -1.03. The summed E-state index contributed by atoms with van der Waals surface area (Å²) in [6.07, 6.45) is 2.60. The Bertz CT molecular complexity index is 336. The summed E-state index contributed by atoms with van der Waals surface area (Å²) in [7, 11) is 0. The zero-order valence-corrected chi connectivity index (χ0v) is 8.95. The van der Waals surface area contributed by atoms with Gasteiger partial charge in [0.2, 0.25) is 0 Å². The lowest BCUT2D eigenvalue weighted by Crippen LogP contribution is -2.06. The van der Waals surface area contributed by atoms with Crippen LogP contribution in [0.25, 0.3) is 0 Å². The van der Waals surface area contributed by atoms with E-state index in [0.717, 1.165) is 6.42 Å². The fraction of sp³-hybridized carbons (Fsp3) is 0.556. The number of hydrogen-bond donors (Lipinski definition) is 1. The Labute approximate surface area is 87.5 Å². The highest BCUT2D eigenvalue weighted by Crippen LogP contribution is 2.15. The quantitative estimate of drug-likeness (QED) is 0.786. The predicted octanol–water partition coefficient (Wildman–Crippen LogP) is 2.29. The molecule has 0 aliphatic carbocycles.